The molecule has 1 saturated carbocycles. The molecule has 0 bridgehead atoms. The highest BCUT2D eigenvalue weighted by Gasteiger charge is 2.26. The van der Waals surface area contributed by atoms with Gasteiger partial charge in [-0.2, -0.15) is 0 Å². The maximum absolute atomic E-state index is 5.24. The lowest BCUT2D eigenvalue weighted by Gasteiger charge is -2.35. The second-order valence-electron chi connectivity index (χ2n) is 4.83. The molecule has 4 unspecified atom stereocenters. The van der Waals surface area contributed by atoms with E-state index in [2.05, 4.69) is 26.1 Å². The van der Waals surface area contributed by atoms with Gasteiger partial charge in [-0.1, -0.05) is 26.7 Å². The predicted octanol–water partition coefficient (Wildman–Crippen LogP) is 2.44. The van der Waals surface area contributed by atoms with E-state index in [-0.39, 0.29) is 0 Å². The molecule has 1 aliphatic rings. The summed E-state index contributed by atoms with van der Waals surface area (Å²) in [5.41, 5.74) is 0. The second-order valence-corrected chi connectivity index (χ2v) is 4.83. The molecule has 0 amide bonds. The van der Waals surface area contributed by atoms with Gasteiger partial charge < -0.3 is 10.1 Å². The molecule has 0 aliphatic heterocycles. The Hall–Kier alpha value is -0.0800. The van der Waals surface area contributed by atoms with Crippen molar-refractivity contribution in [3.05, 3.63) is 0 Å². The minimum absolute atomic E-state index is 0.333. The molecule has 0 aromatic heterocycles. The van der Waals surface area contributed by atoms with Crippen LogP contribution in [-0.2, 0) is 4.74 Å². The quantitative estimate of drug-likeness (QED) is 0.751. The first-order valence-electron chi connectivity index (χ1n) is 5.91. The Balaban J connectivity index is 2.28. The van der Waals surface area contributed by atoms with E-state index < -0.39 is 0 Å². The first-order valence-corrected chi connectivity index (χ1v) is 5.91. The van der Waals surface area contributed by atoms with Gasteiger partial charge >= 0.3 is 0 Å². The van der Waals surface area contributed by atoms with Crippen LogP contribution in [0.4, 0.5) is 0 Å². The predicted molar refractivity (Wildman–Crippen MR) is 60.4 cm³/mol. The Morgan fingerprint density at radius 3 is 2.71 bits per heavy atom. The molecule has 0 saturated heterocycles. The molecule has 84 valence electrons. The SMILES string of the molecule is COC(C)CNC1CCCC(C)C1C. The van der Waals surface area contributed by atoms with Crippen molar-refractivity contribution in [2.24, 2.45) is 11.8 Å². The molecule has 1 aliphatic carbocycles. The van der Waals surface area contributed by atoms with Crippen LogP contribution in [0.5, 0.6) is 0 Å². The Bertz CT molecular complexity index is 160. The van der Waals surface area contributed by atoms with Crippen molar-refractivity contribution in [3.63, 3.8) is 0 Å². The standard InChI is InChI=1S/C12H25NO/c1-9-6-5-7-12(11(9)3)13-8-10(2)14-4/h9-13H,5-8H2,1-4H3. The van der Waals surface area contributed by atoms with E-state index in [1.807, 2.05) is 0 Å². The molecule has 2 heteroatoms. The fraction of sp³-hybridized carbons (Fsp3) is 1.00. The zero-order valence-electron chi connectivity index (χ0n) is 10.0. The normalized spacial score (nSPS) is 35.6. The molecule has 1 N–H and O–H groups in total. The van der Waals surface area contributed by atoms with Gasteiger partial charge in [-0.25, -0.2) is 0 Å². The minimum Gasteiger partial charge on any atom is -0.380 e. The van der Waals surface area contributed by atoms with Gasteiger partial charge in [-0.3, -0.25) is 0 Å². The van der Waals surface area contributed by atoms with Gasteiger partial charge in [0.1, 0.15) is 0 Å². The molecule has 2 nitrogen and oxygen atoms in total. The molecule has 0 spiro atoms. The zero-order chi connectivity index (χ0) is 10.6. The topological polar surface area (TPSA) is 21.3 Å². The maximum Gasteiger partial charge on any atom is 0.0667 e. The number of rotatable bonds is 4. The summed E-state index contributed by atoms with van der Waals surface area (Å²) in [5.74, 6) is 1.69. The van der Waals surface area contributed by atoms with Crippen molar-refractivity contribution in [3.8, 4) is 0 Å². The Kier molecular flexibility index (Phi) is 4.90. The monoisotopic (exact) mass is 199 g/mol. The van der Waals surface area contributed by atoms with Crippen LogP contribution in [0.15, 0.2) is 0 Å². The lowest BCUT2D eigenvalue weighted by Crippen LogP contribution is -2.43. The van der Waals surface area contributed by atoms with Crippen molar-refractivity contribution in [1.82, 2.24) is 5.32 Å². The highest BCUT2D eigenvalue weighted by Crippen LogP contribution is 2.29. The average molecular weight is 199 g/mol. The molecule has 0 heterocycles. The first kappa shape index (κ1) is 12.0. The lowest BCUT2D eigenvalue weighted by atomic mass is 9.78. The van der Waals surface area contributed by atoms with E-state index in [4.69, 9.17) is 4.74 Å². The third-order valence-corrected chi connectivity index (χ3v) is 3.78. The summed E-state index contributed by atoms with van der Waals surface area (Å²) in [6.45, 7) is 7.85. The highest BCUT2D eigenvalue weighted by atomic mass is 16.5. The summed E-state index contributed by atoms with van der Waals surface area (Å²) >= 11 is 0. The minimum atomic E-state index is 0.333. The van der Waals surface area contributed by atoms with E-state index in [1.54, 1.807) is 7.11 Å². The molecular formula is C12H25NO. The van der Waals surface area contributed by atoms with Crippen molar-refractivity contribution in [2.45, 2.75) is 52.2 Å². The van der Waals surface area contributed by atoms with Gasteiger partial charge in [0.05, 0.1) is 6.10 Å². The van der Waals surface area contributed by atoms with Crippen LogP contribution in [0, 0.1) is 11.8 Å². The van der Waals surface area contributed by atoms with Crippen LogP contribution in [-0.4, -0.2) is 25.8 Å². The highest BCUT2D eigenvalue weighted by molar-refractivity contribution is 4.82. The van der Waals surface area contributed by atoms with Crippen LogP contribution in [0.2, 0.25) is 0 Å². The fourth-order valence-electron chi connectivity index (χ4n) is 2.27. The van der Waals surface area contributed by atoms with Crippen LogP contribution in [0.3, 0.4) is 0 Å². The van der Waals surface area contributed by atoms with Crippen molar-refractivity contribution in [1.29, 1.82) is 0 Å². The number of hydrogen-bond acceptors (Lipinski definition) is 2. The lowest BCUT2D eigenvalue weighted by molar-refractivity contribution is 0.104. The Morgan fingerprint density at radius 1 is 1.36 bits per heavy atom. The van der Waals surface area contributed by atoms with E-state index in [1.165, 1.54) is 19.3 Å². The van der Waals surface area contributed by atoms with Gasteiger partial charge in [-0.05, 0) is 25.2 Å². The molecule has 0 aromatic carbocycles. The van der Waals surface area contributed by atoms with E-state index in [9.17, 15) is 0 Å². The smallest absolute Gasteiger partial charge is 0.0667 e. The fourth-order valence-corrected chi connectivity index (χ4v) is 2.27. The van der Waals surface area contributed by atoms with E-state index in [0.717, 1.165) is 18.4 Å². The summed E-state index contributed by atoms with van der Waals surface area (Å²) in [5, 5.41) is 3.63. The van der Waals surface area contributed by atoms with Crippen molar-refractivity contribution in [2.75, 3.05) is 13.7 Å². The van der Waals surface area contributed by atoms with Crippen molar-refractivity contribution >= 4 is 0 Å². The van der Waals surface area contributed by atoms with Gasteiger partial charge in [-0.15, -0.1) is 0 Å². The number of nitrogens with one attached hydrogen (secondary N) is 1. The maximum atomic E-state index is 5.24. The Labute approximate surface area is 88.4 Å². The van der Waals surface area contributed by atoms with Gasteiger partial charge in [0, 0.05) is 19.7 Å². The summed E-state index contributed by atoms with van der Waals surface area (Å²) in [6, 6.07) is 0.705. The number of ether oxygens (including phenoxy) is 1. The van der Waals surface area contributed by atoms with Crippen molar-refractivity contribution < 1.29 is 4.74 Å². The van der Waals surface area contributed by atoms with E-state index in [0.29, 0.717) is 12.1 Å². The zero-order valence-corrected chi connectivity index (χ0v) is 10.0. The first-order chi connectivity index (χ1) is 6.65. The van der Waals surface area contributed by atoms with Gasteiger partial charge in [0.2, 0.25) is 0 Å². The van der Waals surface area contributed by atoms with Crippen LogP contribution >= 0.6 is 0 Å². The Morgan fingerprint density at radius 2 is 2.07 bits per heavy atom. The number of methoxy groups -OCH3 is 1. The summed E-state index contributed by atoms with van der Waals surface area (Å²) in [7, 11) is 1.78. The summed E-state index contributed by atoms with van der Waals surface area (Å²) < 4.78 is 5.24. The largest absolute Gasteiger partial charge is 0.380 e. The van der Waals surface area contributed by atoms with Gasteiger partial charge in [0.25, 0.3) is 0 Å². The van der Waals surface area contributed by atoms with Crippen LogP contribution in [0.25, 0.3) is 0 Å². The van der Waals surface area contributed by atoms with E-state index >= 15 is 0 Å². The third-order valence-electron chi connectivity index (χ3n) is 3.78. The van der Waals surface area contributed by atoms with Crippen LogP contribution < -0.4 is 5.32 Å². The molecule has 0 radical (unpaired) electrons. The molecular weight excluding hydrogens is 174 g/mol. The third kappa shape index (κ3) is 3.25. The second kappa shape index (κ2) is 5.72. The van der Waals surface area contributed by atoms with Gasteiger partial charge in [0.15, 0.2) is 0 Å². The molecule has 4 atom stereocenters. The number of hydrogen-bond donors (Lipinski definition) is 1. The molecule has 14 heavy (non-hydrogen) atoms. The average Bonchev–Trinajstić information content (AvgIpc) is 2.20. The van der Waals surface area contributed by atoms with Crippen LogP contribution in [0.1, 0.15) is 40.0 Å². The molecule has 1 rings (SSSR count). The molecule has 0 aromatic rings. The molecule has 1 fully saturated rings. The summed E-state index contributed by atoms with van der Waals surface area (Å²) in [6.07, 6.45) is 4.45. The summed E-state index contributed by atoms with van der Waals surface area (Å²) in [4.78, 5) is 0.